The highest BCUT2D eigenvalue weighted by Gasteiger charge is 2.17. The van der Waals surface area contributed by atoms with Gasteiger partial charge in [0.25, 0.3) is 0 Å². The van der Waals surface area contributed by atoms with Crippen molar-refractivity contribution < 1.29 is 0 Å². The fraction of sp³-hybridized carbons (Fsp3) is 1.00. The van der Waals surface area contributed by atoms with Gasteiger partial charge in [-0.2, -0.15) is 0 Å². The van der Waals surface area contributed by atoms with Crippen molar-refractivity contribution in [2.75, 3.05) is 6.54 Å². The van der Waals surface area contributed by atoms with Gasteiger partial charge in [0.05, 0.1) is 0 Å². The van der Waals surface area contributed by atoms with Crippen molar-refractivity contribution in [3.8, 4) is 0 Å². The predicted octanol–water partition coefficient (Wildman–Crippen LogP) is 4.47. The number of hydrogen-bond acceptors (Lipinski definition) is 1. The molecule has 0 heterocycles. The Bertz CT molecular complexity index is 167. The molecular weight excluding hydrogens is 194 g/mol. The lowest BCUT2D eigenvalue weighted by Crippen LogP contribution is -2.39. The maximum absolute atomic E-state index is 3.66. The molecule has 2 unspecified atom stereocenters. The summed E-state index contributed by atoms with van der Waals surface area (Å²) in [6.45, 7) is 17.3. The first-order valence-electron chi connectivity index (χ1n) is 6.99. The third-order valence-corrected chi connectivity index (χ3v) is 3.16. The highest BCUT2D eigenvalue weighted by molar-refractivity contribution is 4.75. The summed E-state index contributed by atoms with van der Waals surface area (Å²) in [5, 5.41) is 3.66. The summed E-state index contributed by atoms with van der Waals surface area (Å²) in [7, 11) is 0. The van der Waals surface area contributed by atoms with Gasteiger partial charge in [0.15, 0.2) is 0 Å². The standard InChI is InChI=1S/C15H33N/c1-8-13(4)10-14(9-12(2)3)11-16-15(5,6)7/h12-14,16H,8-11H2,1-7H3. The van der Waals surface area contributed by atoms with Crippen LogP contribution in [0.5, 0.6) is 0 Å². The van der Waals surface area contributed by atoms with Gasteiger partial charge < -0.3 is 5.32 Å². The Morgan fingerprint density at radius 1 is 1.00 bits per heavy atom. The minimum absolute atomic E-state index is 0.255. The number of rotatable bonds is 7. The first-order valence-corrected chi connectivity index (χ1v) is 6.99. The van der Waals surface area contributed by atoms with Gasteiger partial charge in [-0.05, 0) is 57.9 Å². The third-order valence-electron chi connectivity index (χ3n) is 3.16. The molecule has 0 aromatic rings. The van der Waals surface area contributed by atoms with Gasteiger partial charge in [0.1, 0.15) is 0 Å². The molecule has 0 fully saturated rings. The van der Waals surface area contributed by atoms with Crippen LogP contribution in [0.25, 0.3) is 0 Å². The van der Waals surface area contributed by atoms with Crippen LogP contribution < -0.4 is 5.32 Å². The molecule has 0 aromatic heterocycles. The minimum atomic E-state index is 0.255. The Hall–Kier alpha value is -0.0400. The Labute approximate surface area is 103 Å². The summed E-state index contributed by atoms with van der Waals surface area (Å²) in [5.74, 6) is 2.52. The molecule has 0 aliphatic heterocycles. The van der Waals surface area contributed by atoms with E-state index >= 15 is 0 Å². The molecule has 0 bridgehead atoms. The van der Waals surface area contributed by atoms with E-state index in [2.05, 4.69) is 53.8 Å². The van der Waals surface area contributed by atoms with Gasteiger partial charge in [0, 0.05) is 5.54 Å². The summed E-state index contributed by atoms with van der Waals surface area (Å²) in [6.07, 6.45) is 4.04. The maximum atomic E-state index is 3.66. The topological polar surface area (TPSA) is 12.0 Å². The SMILES string of the molecule is CCC(C)CC(CNC(C)(C)C)CC(C)C. The summed E-state index contributed by atoms with van der Waals surface area (Å²) in [4.78, 5) is 0. The fourth-order valence-electron chi connectivity index (χ4n) is 2.12. The average Bonchev–Trinajstić information content (AvgIpc) is 2.12. The van der Waals surface area contributed by atoms with E-state index in [0.717, 1.165) is 17.8 Å². The van der Waals surface area contributed by atoms with Gasteiger partial charge in [-0.1, -0.05) is 34.1 Å². The van der Waals surface area contributed by atoms with Crippen molar-refractivity contribution >= 4 is 0 Å². The molecule has 1 nitrogen and oxygen atoms in total. The maximum Gasteiger partial charge on any atom is 0.00966 e. The zero-order chi connectivity index (χ0) is 12.8. The molecule has 2 atom stereocenters. The first kappa shape index (κ1) is 16.0. The Morgan fingerprint density at radius 3 is 1.94 bits per heavy atom. The summed E-state index contributed by atoms with van der Waals surface area (Å²) >= 11 is 0. The van der Waals surface area contributed by atoms with Crippen molar-refractivity contribution in [2.24, 2.45) is 17.8 Å². The number of nitrogens with one attached hydrogen (secondary N) is 1. The van der Waals surface area contributed by atoms with Gasteiger partial charge in [-0.15, -0.1) is 0 Å². The van der Waals surface area contributed by atoms with Crippen LogP contribution in [0.2, 0.25) is 0 Å². The highest BCUT2D eigenvalue weighted by atomic mass is 14.9. The van der Waals surface area contributed by atoms with Gasteiger partial charge >= 0.3 is 0 Å². The molecule has 0 saturated heterocycles. The normalized spacial score (nSPS) is 16.5. The van der Waals surface area contributed by atoms with E-state index < -0.39 is 0 Å². The smallest absolute Gasteiger partial charge is 0.00966 e. The van der Waals surface area contributed by atoms with Crippen molar-refractivity contribution in [3.05, 3.63) is 0 Å². The van der Waals surface area contributed by atoms with E-state index in [9.17, 15) is 0 Å². The zero-order valence-corrected chi connectivity index (χ0v) is 12.6. The van der Waals surface area contributed by atoms with Crippen molar-refractivity contribution in [1.29, 1.82) is 0 Å². The van der Waals surface area contributed by atoms with Crippen LogP contribution in [-0.4, -0.2) is 12.1 Å². The molecule has 0 saturated carbocycles. The molecule has 0 spiro atoms. The van der Waals surface area contributed by atoms with Crippen molar-refractivity contribution in [2.45, 2.75) is 73.3 Å². The molecule has 0 aliphatic carbocycles. The molecule has 0 aromatic carbocycles. The van der Waals surface area contributed by atoms with Gasteiger partial charge in [-0.25, -0.2) is 0 Å². The van der Waals surface area contributed by atoms with Crippen LogP contribution >= 0.6 is 0 Å². The lowest BCUT2D eigenvalue weighted by molar-refractivity contribution is 0.286. The highest BCUT2D eigenvalue weighted by Crippen LogP contribution is 2.22. The zero-order valence-electron chi connectivity index (χ0n) is 12.6. The van der Waals surface area contributed by atoms with Crippen LogP contribution in [0.3, 0.4) is 0 Å². The Morgan fingerprint density at radius 2 is 1.56 bits per heavy atom. The molecule has 98 valence electrons. The lowest BCUT2D eigenvalue weighted by Gasteiger charge is -2.27. The van der Waals surface area contributed by atoms with Gasteiger partial charge in [0.2, 0.25) is 0 Å². The molecule has 0 radical (unpaired) electrons. The second-order valence-corrected chi connectivity index (χ2v) is 6.88. The average molecular weight is 227 g/mol. The monoisotopic (exact) mass is 227 g/mol. The second kappa shape index (κ2) is 7.32. The van der Waals surface area contributed by atoms with Crippen LogP contribution in [0, 0.1) is 17.8 Å². The molecule has 16 heavy (non-hydrogen) atoms. The van der Waals surface area contributed by atoms with Crippen molar-refractivity contribution in [1.82, 2.24) is 5.32 Å². The summed E-state index contributed by atoms with van der Waals surface area (Å²) < 4.78 is 0. The largest absolute Gasteiger partial charge is 0.312 e. The Kier molecular flexibility index (Phi) is 7.30. The third kappa shape index (κ3) is 9.21. The molecular formula is C15H33N. The minimum Gasteiger partial charge on any atom is -0.312 e. The Balaban J connectivity index is 4.10. The lowest BCUT2D eigenvalue weighted by atomic mass is 9.87. The molecule has 0 rings (SSSR count). The van der Waals surface area contributed by atoms with Crippen LogP contribution in [-0.2, 0) is 0 Å². The predicted molar refractivity (Wildman–Crippen MR) is 74.8 cm³/mol. The van der Waals surface area contributed by atoms with E-state index in [-0.39, 0.29) is 5.54 Å². The second-order valence-electron chi connectivity index (χ2n) is 6.88. The summed E-state index contributed by atoms with van der Waals surface area (Å²) in [5.41, 5.74) is 0.255. The summed E-state index contributed by atoms with van der Waals surface area (Å²) in [6, 6.07) is 0. The fourth-order valence-corrected chi connectivity index (χ4v) is 2.12. The van der Waals surface area contributed by atoms with E-state index in [1.54, 1.807) is 0 Å². The van der Waals surface area contributed by atoms with Crippen LogP contribution in [0.15, 0.2) is 0 Å². The van der Waals surface area contributed by atoms with Crippen LogP contribution in [0.1, 0.15) is 67.7 Å². The van der Waals surface area contributed by atoms with E-state index in [1.165, 1.54) is 25.8 Å². The molecule has 0 amide bonds. The van der Waals surface area contributed by atoms with E-state index in [4.69, 9.17) is 0 Å². The van der Waals surface area contributed by atoms with E-state index in [0.29, 0.717) is 0 Å². The number of hydrogen-bond donors (Lipinski definition) is 1. The molecule has 0 aliphatic rings. The molecule has 1 heteroatoms. The first-order chi connectivity index (χ1) is 7.24. The molecule has 1 N–H and O–H groups in total. The quantitative estimate of drug-likeness (QED) is 0.676. The van der Waals surface area contributed by atoms with E-state index in [1.807, 2.05) is 0 Å². The van der Waals surface area contributed by atoms with Crippen LogP contribution in [0.4, 0.5) is 0 Å². The van der Waals surface area contributed by atoms with Crippen molar-refractivity contribution in [3.63, 3.8) is 0 Å². The van der Waals surface area contributed by atoms with Gasteiger partial charge in [-0.3, -0.25) is 0 Å².